The smallest absolute Gasteiger partial charge is 0.258 e. The molecule has 0 spiro atoms. The van der Waals surface area contributed by atoms with Crippen molar-refractivity contribution in [2.45, 2.75) is 19.8 Å². The van der Waals surface area contributed by atoms with Crippen molar-refractivity contribution in [3.05, 3.63) is 40.4 Å². The van der Waals surface area contributed by atoms with Gasteiger partial charge >= 0.3 is 0 Å². The summed E-state index contributed by atoms with van der Waals surface area (Å²) < 4.78 is 0.565. The molecule has 0 aromatic heterocycles. The van der Waals surface area contributed by atoms with Crippen LogP contribution < -0.4 is 5.32 Å². The predicted molar refractivity (Wildman–Crippen MR) is 71.3 cm³/mol. The number of rotatable bonds is 5. The maximum Gasteiger partial charge on any atom is 0.258 e. The van der Waals surface area contributed by atoms with E-state index in [-0.39, 0.29) is 5.91 Å². The van der Waals surface area contributed by atoms with Gasteiger partial charge in [-0.05, 0) is 34.0 Å². The Labute approximate surface area is 105 Å². The van der Waals surface area contributed by atoms with Gasteiger partial charge < -0.3 is 5.32 Å². The average Bonchev–Trinajstić information content (AvgIpc) is 2.30. The van der Waals surface area contributed by atoms with E-state index in [0.717, 1.165) is 24.9 Å². The van der Waals surface area contributed by atoms with Gasteiger partial charge in [0.2, 0.25) is 0 Å². The highest BCUT2D eigenvalue weighted by Crippen LogP contribution is 2.11. The van der Waals surface area contributed by atoms with E-state index in [1.165, 1.54) is 0 Å². The second kappa shape index (κ2) is 7.23. The van der Waals surface area contributed by atoms with E-state index in [9.17, 15) is 4.79 Å². The second-order valence-corrected chi connectivity index (χ2v) is 4.37. The largest absolute Gasteiger partial charge is 0.352 e. The van der Waals surface area contributed by atoms with Crippen molar-refractivity contribution in [1.29, 1.82) is 0 Å². The molecule has 0 unspecified atom stereocenters. The number of hydrogen-bond donors (Lipinski definition) is 1. The van der Waals surface area contributed by atoms with E-state index in [1.807, 2.05) is 36.4 Å². The van der Waals surface area contributed by atoms with Crippen molar-refractivity contribution < 1.29 is 4.79 Å². The molecule has 1 amide bonds. The lowest BCUT2D eigenvalue weighted by atomic mass is 10.2. The second-order valence-electron chi connectivity index (χ2n) is 3.51. The topological polar surface area (TPSA) is 29.1 Å². The number of carbonyl (C=O) groups is 1. The lowest BCUT2D eigenvalue weighted by molar-refractivity contribution is -0.116. The number of nitrogens with one attached hydrogen (secondary N) is 1. The van der Waals surface area contributed by atoms with E-state index in [2.05, 4.69) is 28.2 Å². The van der Waals surface area contributed by atoms with Gasteiger partial charge in [0.15, 0.2) is 0 Å². The van der Waals surface area contributed by atoms with Gasteiger partial charge in [-0.3, -0.25) is 4.79 Å². The minimum atomic E-state index is -0.0581. The third-order valence-electron chi connectivity index (χ3n) is 2.13. The maximum absolute atomic E-state index is 11.6. The van der Waals surface area contributed by atoms with Crippen LogP contribution in [-0.2, 0) is 4.79 Å². The van der Waals surface area contributed by atoms with Crippen molar-refractivity contribution in [2.24, 2.45) is 0 Å². The molecular weight excluding hydrogens is 266 g/mol. The van der Waals surface area contributed by atoms with E-state index >= 15 is 0 Å². The van der Waals surface area contributed by atoms with Gasteiger partial charge in [0.25, 0.3) is 5.91 Å². The fourth-order valence-electron chi connectivity index (χ4n) is 1.22. The van der Waals surface area contributed by atoms with E-state index in [0.29, 0.717) is 4.48 Å². The van der Waals surface area contributed by atoms with Gasteiger partial charge in [0.05, 0.1) is 4.48 Å². The number of halogens is 1. The minimum absolute atomic E-state index is 0.0581. The lowest BCUT2D eigenvalue weighted by Crippen LogP contribution is -2.24. The van der Waals surface area contributed by atoms with Crippen LogP contribution in [0.25, 0.3) is 6.08 Å². The monoisotopic (exact) mass is 281 g/mol. The Balaban J connectivity index is 2.53. The first kappa shape index (κ1) is 13.0. The maximum atomic E-state index is 11.6. The van der Waals surface area contributed by atoms with Crippen LogP contribution in [0.3, 0.4) is 0 Å². The quantitative estimate of drug-likeness (QED) is 0.651. The molecule has 0 aliphatic carbocycles. The summed E-state index contributed by atoms with van der Waals surface area (Å²) in [6.07, 6.45) is 3.92. The Kier molecular flexibility index (Phi) is 5.86. The van der Waals surface area contributed by atoms with Gasteiger partial charge in [-0.2, -0.15) is 0 Å². The SMILES string of the molecule is CCCCNC(=O)/C(Br)=C/c1ccccc1. The molecular formula is C13H16BrNO. The molecule has 1 rings (SSSR count). The molecule has 1 aromatic rings. The summed E-state index contributed by atoms with van der Waals surface area (Å²) in [5.41, 5.74) is 1.01. The molecule has 0 fully saturated rings. The molecule has 0 heterocycles. The molecule has 0 radical (unpaired) electrons. The van der Waals surface area contributed by atoms with Crippen LogP contribution >= 0.6 is 15.9 Å². The normalized spacial score (nSPS) is 11.2. The molecule has 0 saturated carbocycles. The Morgan fingerprint density at radius 3 is 2.69 bits per heavy atom. The van der Waals surface area contributed by atoms with Gasteiger partial charge in [-0.1, -0.05) is 43.7 Å². The summed E-state index contributed by atoms with van der Waals surface area (Å²) in [5, 5.41) is 2.85. The Hall–Kier alpha value is -1.09. The van der Waals surface area contributed by atoms with Crippen LogP contribution in [-0.4, -0.2) is 12.5 Å². The lowest BCUT2D eigenvalue weighted by Gasteiger charge is -2.03. The molecule has 3 heteroatoms. The van der Waals surface area contributed by atoms with Crippen LogP contribution in [0.2, 0.25) is 0 Å². The van der Waals surface area contributed by atoms with E-state index in [4.69, 9.17) is 0 Å². The van der Waals surface area contributed by atoms with Crippen LogP contribution in [0.4, 0.5) is 0 Å². The highest BCUT2D eigenvalue weighted by atomic mass is 79.9. The predicted octanol–water partition coefficient (Wildman–Crippen LogP) is 3.34. The number of hydrogen-bond acceptors (Lipinski definition) is 1. The molecule has 0 bridgehead atoms. The van der Waals surface area contributed by atoms with Gasteiger partial charge in [0.1, 0.15) is 0 Å². The van der Waals surface area contributed by atoms with Crippen molar-refractivity contribution in [3.63, 3.8) is 0 Å². The third-order valence-corrected chi connectivity index (χ3v) is 2.71. The van der Waals surface area contributed by atoms with Crippen molar-refractivity contribution in [1.82, 2.24) is 5.32 Å². The molecule has 0 aliphatic rings. The zero-order chi connectivity index (χ0) is 11.8. The van der Waals surface area contributed by atoms with E-state index < -0.39 is 0 Å². The van der Waals surface area contributed by atoms with Crippen LogP contribution in [0.1, 0.15) is 25.3 Å². The zero-order valence-corrected chi connectivity index (χ0v) is 11.0. The standard InChI is InChI=1S/C13H16BrNO/c1-2-3-9-15-13(16)12(14)10-11-7-5-4-6-8-11/h4-8,10H,2-3,9H2,1H3,(H,15,16)/b12-10-. The van der Waals surface area contributed by atoms with Gasteiger partial charge in [0, 0.05) is 6.54 Å². The number of amides is 1. The zero-order valence-electron chi connectivity index (χ0n) is 9.37. The molecule has 0 saturated heterocycles. The number of benzene rings is 1. The fourth-order valence-corrected chi connectivity index (χ4v) is 1.63. The molecule has 2 nitrogen and oxygen atoms in total. The fraction of sp³-hybridized carbons (Fsp3) is 0.308. The summed E-state index contributed by atoms with van der Waals surface area (Å²) in [5.74, 6) is -0.0581. The van der Waals surface area contributed by atoms with Gasteiger partial charge in [-0.25, -0.2) is 0 Å². The summed E-state index contributed by atoms with van der Waals surface area (Å²) >= 11 is 3.28. The van der Waals surface area contributed by atoms with Crippen LogP contribution in [0.15, 0.2) is 34.8 Å². The van der Waals surface area contributed by atoms with Crippen LogP contribution in [0, 0.1) is 0 Å². The van der Waals surface area contributed by atoms with Crippen molar-refractivity contribution in [2.75, 3.05) is 6.54 Å². The van der Waals surface area contributed by atoms with Crippen molar-refractivity contribution in [3.8, 4) is 0 Å². The van der Waals surface area contributed by atoms with E-state index in [1.54, 1.807) is 0 Å². The van der Waals surface area contributed by atoms with Gasteiger partial charge in [-0.15, -0.1) is 0 Å². The Morgan fingerprint density at radius 2 is 2.06 bits per heavy atom. The minimum Gasteiger partial charge on any atom is -0.352 e. The first-order chi connectivity index (χ1) is 7.74. The molecule has 1 N–H and O–H groups in total. The average molecular weight is 282 g/mol. The summed E-state index contributed by atoms with van der Waals surface area (Å²) in [6.45, 7) is 2.83. The first-order valence-electron chi connectivity index (χ1n) is 5.44. The van der Waals surface area contributed by atoms with Crippen LogP contribution in [0.5, 0.6) is 0 Å². The summed E-state index contributed by atoms with van der Waals surface area (Å²) in [7, 11) is 0. The summed E-state index contributed by atoms with van der Waals surface area (Å²) in [4.78, 5) is 11.6. The number of carbonyl (C=O) groups excluding carboxylic acids is 1. The summed E-state index contributed by atoms with van der Waals surface area (Å²) in [6, 6.07) is 9.76. The molecule has 1 aromatic carbocycles. The molecule has 16 heavy (non-hydrogen) atoms. The highest BCUT2D eigenvalue weighted by molar-refractivity contribution is 9.12. The molecule has 0 atom stereocenters. The molecule has 0 aliphatic heterocycles. The molecule has 86 valence electrons. The Bertz CT molecular complexity index is 359. The van der Waals surface area contributed by atoms with Crippen molar-refractivity contribution >= 4 is 27.9 Å². The highest BCUT2D eigenvalue weighted by Gasteiger charge is 2.04. The third kappa shape index (κ3) is 4.62. The Morgan fingerprint density at radius 1 is 1.38 bits per heavy atom. The number of unbranched alkanes of at least 4 members (excludes halogenated alkanes) is 1. The first-order valence-corrected chi connectivity index (χ1v) is 6.23.